The number of amides is 1. The first-order chi connectivity index (χ1) is 9.33. The molecule has 5 heteroatoms. The van der Waals surface area contributed by atoms with Crippen molar-refractivity contribution < 1.29 is 13.6 Å². The van der Waals surface area contributed by atoms with Crippen molar-refractivity contribution in [1.82, 2.24) is 5.32 Å². The lowest BCUT2D eigenvalue weighted by atomic mass is 9.48. The molecule has 0 aromatic carbocycles. The van der Waals surface area contributed by atoms with Gasteiger partial charge in [0, 0.05) is 19.4 Å². The zero-order valence-corrected chi connectivity index (χ0v) is 11.9. The first kappa shape index (κ1) is 14.2. The molecule has 1 unspecified atom stereocenters. The van der Waals surface area contributed by atoms with Crippen molar-refractivity contribution in [3.8, 4) is 0 Å². The van der Waals surface area contributed by atoms with Crippen LogP contribution in [0.3, 0.4) is 0 Å². The molecular formula is C15H24F2N2O. The summed E-state index contributed by atoms with van der Waals surface area (Å²) < 4.78 is 26.1. The fourth-order valence-corrected chi connectivity index (χ4v) is 4.33. The lowest BCUT2D eigenvalue weighted by molar-refractivity contribution is -0.140. The predicted molar refractivity (Wildman–Crippen MR) is 72.4 cm³/mol. The van der Waals surface area contributed by atoms with Gasteiger partial charge in [0.05, 0.1) is 5.54 Å². The molecule has 114 valence electrons. The number of alkyl halides is 2. The maximum Gasteiger partial charge on any atom is 0.248 e. The van der Waals surface area contributed by atoms with Crippen LogP contribution in [0.15, 0.2) is 0 Å². The largest absolute Gasteiger partial charge is 0.354 e. The molecule has 3 nitrogen and oxygen atoms in total. The van der Waals surface area contributed by atoms with E-state index < -0.39 is 11.5 Å². The molecule has 3 rings (SSSR count). The van der Waals surface area contributed by atoms with E-state index in [1.807, 2.05) is 0 Å². The third-order valence-electron chi connectivity index (χ3n) is 5.59. The average molecular weight is 286 g/mol. The second kappa shape index (κ2) is 4.65. The maximum atomic E-state index is 13.1. The molecule has 0 aromatic heterocycles. The highest BCUT2D eigenvalue weighted by Gasteiger charge is 2.58. The van der Waals surface area contributed by atoms with E-state index in [-0.39, 0.29) is 24.7 Å². The minimum absolute atomic E-state index is 0.00500. The SMILES string of the molecule is NC1(C(=O)NCCC2CCC(F)(F)C2)CC2(CCC2)C1. The molecule has 0 bridgehead atoms. The fraction of sp³-hybridized carbons (Fsp3) is 0.933. The van der Waals surface area contributed by atoms with Crippen LogP contribution in [0.1, 0.15) is 57.8 Å². The second-order valence-corrected chi connectivity index (χ2v) is 7.37. The quantitative estimate of drug-likeness (QED) is 0.834. The summed E-state index contributed by atoms with van der Waals surface area (Å²) >= 11 is 0. The molecule has 3 fully saturated rings. The Kier molecular flexibility index (Phi) is 3.31. The van der Waals surface area contributed by atoms with Gasteiger partial charge < -0.3 is 11.1 Å². The number of hydrogen-bond donors (Lipinski definition) is 2. The Morgan fingerprint density at radius 1 is 1.25 bits per heavy atom. The Bertz CT molecular complexity index is 399. The van der Waals surface area contributed by atoms with E-state index in [2.05, 4.69) is 5.32 Å². The van der Waals surface area contributed by atoms with Gasteiger partial charge >= 0.3 is 0 Å². The number of carbonyl (C=O) groups is 1. The van der Waals surface area contributed by atoms with E-state index >= 15 is 0 Å². The van der Waals surface area contributed by atoms with E-state index in [4.69, 9.17) is 5.73 Å². The Hall–Kier alpha value is -0.710. The molecule has 1 amide bonds. The summed E-state index contributed by atoms with van der Waals surface area (Å²) in [6.45, 7) is 0.478. The fourth-order valence-electron chi connectivity index (χ4n) is 4.33. The third-order valence-corrected chi connectivity index (χ3v) is 5.59. The van der Waals surface area contributed by atoms with Gasteiger partial charge in [-0.3, -0.25) is 4.79 Å². The van der Waals surface area contributed by atoms with Crippen molar-refractivity contribution in [1.29, 1.82) is 0 Å². The summed E-state index contributed by atoms with van der Waals surface area (Å²) in [5.41, 5.74) is 5.80. The molecule has 0 radical (unpaired) electrons. The normalized spacial score (nSPS) is 32.5. The summed E-state index contributed by atoms with van der Waals surface area (Å²) in [4.78, 5) is 12.1. The molecule has 3 aliphatic carbocycles. The minimum atomic E-state index is -2.49. The highest BCUT2D eigenvalue weighted by atomic mass is 19.3. The van der Waals surface area contributed by atoms with E-state index in [0.29, 0.717) is 24.8 Å². The minimum Gasteiger partial charge on any atom is -0.354 e. The summed E-state index contributed by atoms with van der Waals surface area (Å²) in [6.07, 6.45) is 6.44. The van der Waals surface area contributed by atoms with Gasteiger partial charge in [-0.2, -0.15) is 0 Å². The number of rotatable bonds is 4. The smallest absolute Gasteiger partial charge is 0.248 e. The van der Waals surface area contributed by atoms with Crippen LogP contribution in [-0.2, 0) is 4.79 Å². The molecule has 0 aromatic rings. The standard InChI is InChI=1S/C15H24F2N2O/c16-15(17)6-2-11(8-15)3-7-19-12(20)14(18)9-13(10-14)4-1-5-13/h11H,1-10,18H2,(H,19,20). The van der Waals surface area contributed by atoms with Gasteiger partial charge in [-0.25, -0.2) is 8.78 Å². The molecule has 20 heavy (non-hydrogen) atoms. The Morgan fingerprint density at radius 3 is 2.45 bits per heavy atom. The van der Waals surface area contributed by atoms with Crippen LogP contribution in [0.4, 0.5) is 8.78 Å². The highest BCUT2D eigenvalue weighted by molar-refractivity contribution is 5.87. The molecule has 3 N–H and O–H groups in total. The number of halogens is 2. The lowest BCUT2D eigenvalue weighted by Crippen LogP contribution is -2.67. The first-order valence-electron chi connectivity index (χ1n) is 7.78. The van der Waals surface area contributed by atoms with Crippen molar-refractivity contribution >= 4 is 5.91 Å². The summed E-state index contributed by atoms with van der Waals surface area (Å²) in [6, 6.07) is 0. The molecule has 3 saturated carbocycles. The molecule has 0 heterocycles. The van der Waals surface area contributed by atoms with Crippen LogP contribution in [0.25, 0.3) is 0 Å². The molecule has 0 saturated heterocycles. The maximum absolute atomic E-state index is 13.1. The zero-order valence-electron chi connectivity index (χ0n) is 11.9. The third kappa shape index (κ3) is 2.57. The topological polar surface area (TPSA) is 55.1 Å². The predicted octanol–water partition coefficient (Wildman–Crippen LogP) is 2.59. The Balaban J connectivity index is 1.38. The van der Waals surface area contributed by atoms with E-state index in [9.17, 15) is 13.6 Å². The van der Waals surface area contributed by atoms with Gasteiger partial charge in [-0.1, -0.05) is 6.42 Å². The average Bonchev–Trinajstić information content (AvgIpc) is 2.62. The number of carbonyl (C=O) groups excluding carboxylic acids is 1. The van der Waals surface area contributed by atoms with Crippen LogP contribution in [0.5, 0.6) is 0 Å². The molecule has 3 aliphatic rings. The van der Waals surface area contributed by atoms with Gasteiger partial charge in [0.2, 0.25) is 11.8 Å². The monoisotopic (exact) mass is 286 g/mol. The number of nitrogens with two attached hydrogens (primary N) is 1. The van der Waals surface area contributed by atoms with Crippen molar-refractivity contribution in [3.05, 3.63) is 0 Å². The zero-order chi connectivity index (χ0) is 14.4. The van der Waals surface area contributed by atoms with Crippen molar-refractivity contribution in [3.63, 3.8) is 0 Å². The van der Waals surface area contributed by atoms with Gasteiger partial charge in [-0.05, 0) is 49.9 Å². The Morgan fingerprint density at radius 2 is 1.95 bits per heavy atom. The highest BCUT2D eigenvalue weighted by Crippen LogP contribution is 2.59. The lowest BCUT2D eigenvalue weighted by Gasteiger charge is -2.58. The van der Waals surface area contributed by atoms with Gasteiger partial charge in [-0.15, -0.1) is 0 Å². The second-order valence-electron chi connectivity index (χ2n) is 7.37. The number of hydrogen-bond acceptors (Lipinski definition) is 2. The van der Waals surface area contributed by atoms with Crippen LogP contribution < -0.4 is 11.1 Å². The van der Waals surface area contributed by atoms with Crippen LogP contribution >= 0.6 is 0 Å². The van der Waals surface area contributed by atoms with Gasteiger partial charge in [0.1, 0.15) is 0 Å². The first-order valence-corrected chi connectivity index (χ1v) is 7.78. The van der Waals surface area contributed by atoms with Crippen LogP contribution in [0.2, 0.25) is 0 Å². The van der Waals surface area contributed by atoms with Gasteiger partial charge in [0.15, 0.2) is 0 Å². The molecule has 1 atom stereocenters. The molecule has 0 aliphatic heterocycles. The van der Waals surface area contributed by atoms with Crippen LogP contribution in [0, 0.1) is 11.3 Å². The Labute approximate surface area is 118 Å². The van der Waals surface area contributed by atoms with Crippen molar-refractivity contribution in [2.24, 2.45) is 17.1 Å². The van der Waals surface area contributed by atoms with E-state index in [1.165, 1.54) is 19.3 Å². The van der Waals surface area contributed by atoms with E-state index in [0.717, 1.165) is 12.8 Å². The van der Waals surface area contributed by atoms with Gasteiger partial charge in [0.25, 0.3) is 0 Å². The van der Waals surface area contributed by atoms with Crippen molar-refractivity contribution in [2.45, 2.75) is 69.2 Å². The van der Waals surface area contributed by atoms with Crippen molar-refractivity contribution in [2.75, 3.05) is 6.54 Å². The summed E-state index contributed by atoms with van der Waals surface area (Å²) in [5, 5.41) is 2.86. The summed E-state index contributed by atoms with van der Waals surface area (Å²) in [5.74, 6) is -2.54. The van der Waals surface area contributed by atoms with E-state index in [1.54, 1.807) is 0 Å². The molecular weight excluding hydrogens is 262 g/mol. The summed E-state index contributed by atoms with van der Waals surface area (Å²) in [7, 11) is 0. The van der Waals surface area contributed by atoms with Crippen LogP contribution in [-0.4, -0.2) is 23.9 Å². The molecule has 1 spiro atoms. The number of nitrogens with one attached hydrogen (secondary N) is 1.